The molecule has 0 aliphatic carbocycles. The van der Waals surface area contributed by atoms with Gasteiger partial charge in [0.25, 0.3) is 10.1 Å². The smallest absolute Gasteiger partial charge is 0.276 e. The Hall–Kier alpha value is -0.660. The molecule has 6 nitrogen and oxygen atoms in total. The molecule has 0 rings (SSSR count). The second-order valence-electron chi connectivity index (χ2n) is 6.70. The van der Waals surface area contributed by atoms with Crippen LogP contribution in [0.4, 0.5) is 0 Å². The van der Waals surface area contributed by atoms with E-state index in [4.69, 9.17) is 5.11 Å². The number of aliphatic hydroxyl groups excluding tert-OH is 1. The highest BCUT2D eigenvalue weighted by Gasteiger charge is 2.29. The maximum Gasteiger partial charge on any atom is 0.276 e. The normalized spacial score (nSPS) is 12.9. The number of rotatable bonds is 17. The van der Waals surface area contributed by atoms with E-state index in [1.807, 2.05) is 0 Å². The van der Waals surface area contributed by atoms with E-state index in [1.165, 1.54) is 51.4 Å². The van der Waals surface area contributed by atoms with Crippen LogP contribution < -0.4 is 5.32 Å². The van der Waals surface area contributed by atoms with Gasteiger partial charge in [0.05, 0.1) is 6.61 Å². The summed E-state index contributed by atoms with van der Waals surface area (Å²) < 4.78 is 31.8. The fourth-order valence-electron chi connectivity index (χ4n) is 2.88. The maximum absolute atomic E-state index is 11.7. The van der Waals surface area contributed by atoms with Crippen molar-refractivity contribution in [2.75, 3.05) is 13.2 Å². The van der Waals surface area contributed by atoms with Crippen LogP contribution in [0.5, 0.6) is 0 Å². The van der Waals surface area contributed by atoms with Gasteiger partial charge in [0.2, 0.25) is 5.91 Å². The van der Waals surface area contributed by atoms with Crippen molar-refractivity contribution >= 4 is 16.0 Å². The van der Waals surface area contributed by atoms with Gasteiger partial charge in [0.1, 0.15) is 0 Å². The van der Waals surface area contributed by atoms with Gasteiger partial charge >= 0.3 is 0 Å². The highest BCUT2D eigenvalue weighted by atomic mass is 32.2. The van der Waals surface area contributed by atoms with Crippen molar-refractivity contribution in [1.29, 1.82) is 0 Å². The predicted molar refractivity (Wildman–Crippen MR) is 101 cm³/mol. The lowest BCUT2D eigenvalue weighted by atomic mass is 10.0. The van der Waals surface area contributed by atoms with E-state index >= 15 is 0 Å². The quantitative estimate of drug-likeness (QED) is 0.265. The summed E-state index contributed by atoms with van der Waals surface area (Å²) in [5, 5.41) is 9.54. The molecule has 0 spiro atoms. The molecule has 0 saturated heterocycles. The molecule has 0 aliphatic heterocycles. The van der Waals surface area contributed by atoms with Crippen molar-refractivity contribution in [2.24, 2.45) is 0 Å². The summed E-state index contributed by atoms with van der Waals surface area (Å²) in [6, 6.07) is 0. The highest BCUT2D eigenvalue weighted by Crippen LogP contribution is 2.15. The Bertz CT molecular complexity index is 425. The van der Waals surface area contributed by atoms with Crippen LogP contribution >= 0.6 is 0 Å². The fourth-order valence-corrected chi connectivity index (χ4v) is 3.70. The number of hydrogen-bond acceptors (Lipinski definition) is 4. The van der Waals surface area contributed by atoms with Gasteiger partial charge in [-0.2, -0.15) is 8.42 Å². The molecule has 0 radical (unpaired) electrons. The summed E-state index contributed by atoms with van der Waals surface area (Å²) in [6.07, 6.45) is 14.1. The average molecular weight is 380 g/mol. The molecule has 1 unspecified atom stereocenters. The van der Waals surface area contributed by atoms with E-state index in [9.17, 15) is 17.8 Å². The SMILES string of the molecule is CCCCCCCCCCCCCCC(C(=O)NCCO)S(=O)(=O)O. The summed E-state index contributed by atoms with van der Waals surface area (Å²) in [5.74, 6) is -0.736. The van der Waals surface area contributed by atoms with Gasteiger partial charge in [-0.3, -0.25) is 9.35 Å². The van der Waals surface area contributed by atoms with Crippen molar-refractivity contribution in [1.82, 2.24) is 5.32 Å². The van der Waals surface area contributed by atoms with E-state index in [2.05, 4.69) is 12.2 Å². The Labute approximate surface area is 153 Å². The van der Waals surface area contributed by atoms with E-state index < -0.39 is 21.3 Å². The van der Waals surface area contributed by atoms with Crippen LogP contribution in [-0.4, -0.2) is 42.4 Å². The van der Waals surface area contributed by atoms with Gasteiger partial charge in [-0.15, -0.1) is 0 Å². The van der Waals surface area contributed by atoms with Gasteiger partial charge in [-0.25, -0.2) is 0 Å². The summed E-state index contributed by atoms with van der Waals surface area (Å²) in [4.78, 5) is 11.7. The van der Waals surface area contributed by atoms with E-state index in [1.54, 1.807) is 0 Å². The molecule has 0 bridgehead atoms. The van der Waals surface area contributed by atoms with Gasteiger partial charge < -0.3 is 10.4 Å². The molecule has 0 aromatic rings. The predicted octanol–water partition coefficient (Wildman–Crippen LogP) is 3.44. The summed E-state index contributed by atoms with van der Waals surface area (Å²) >= 11 is 0. The summed E-state index contributed by atoms with van der Waals surface area (Å²) in [7, 11) is -4.40. The zero-order chi connectivity index (χ0) is 19.0. The maximum atomic E-state index is 11.7. The monoisotopic (exact) mass is 379 g/mol. The van der Waals surface area contributed by atoms with Crippen LogP contribution in [0.2, 0.25) is 0 Å². The number of carbonyl (C=O) groups excluding carboxylic acids is 1. The highest BCUT2D eigenvalue weighted by molar-refractivity contribution is 7.87. The van der Waals surface area contributed by atoms with Crippen molar-refractivity contribution in [3.63, 3.8) is 0 Å². The summed E-state index contributed by atoms with van der Waals surface area (Å²) in [5.41, 5.74) is 0. The minimum Gasteiger partial charge on any atom is -0.395 e. The van der Waals surface area contributed by atoms with Crippen molar-refractivity contribution < 1.29 is 22.9 Å². The zero-order valence-corrected chi connectivity index (χ0v) is 16.5. The van der Waals surface area contributed by atoms with Gasteiger partial charge in [-0.05, 0) is 6.42 Å². The minimum absolute atomic E-state index is 0.0106. The number of carbonyl (C=O) groups is 1. The third-order valence-electron chi connectivity index (χ3n) is 4.38. The first-order chi connectivity index (χ1) is 11.9. The molecular formula is C18H37NO5S. The first-order valence-corrected chi connectivity index (χ1v) is 11.3. The fraction of sp³-hybridized carbons (Fsp3) is 0.944. The molecule has 1 amide bonds. The molecular weight excluding hydrogens is 342 g/mol. The topological polar surface area (TPSA) is 104 Å². The third-order valence-corrected chi connectivity index (χ3v) is 5.55. The number of aliphatic hydroxyl groups is 1. The zero-order valence-electron chi connectivity index (χ0n) is 15.7. The molecule has 0 heterocycles. The molecule has 0 fully saturated rings. The van der Waals surface area contributed by atoms with E-state index in [0.29, 0.717) is 6.42 Å². The minimum atomic E-state index is -4.40. The largest absolute Gasteiger partial charge is 0.395 e. The Morgan fingerprint density at radius 2 is 1.32 bits per heavy atom. The van der Waals surface area contributed by atoms with Gasteiger partial charge in [-0.1, -0.05) is 84.0 Å². The van der Waals surface area contributed by atoms with Crippen LogP contribution in [0.1, 0.15) is 90.4 Å². The Balaban J connectivity index is 3.70. The second-order valence-corrected chi connectivity index (χ2v) is 8.29. The van der Waals surface area contributed by atoms with Crippen LogP contribution in [-0.2, 0) is 14.9 Å². The first-order valence-electron chi connectivity index (χ1n) is 9.78. The lowest BCUT2D eigenvalue weighted by molar-refractivity contribution is -0.121. The molecule has 0 saturated carbocycles. The Kier molecular flexibility index (Phi) is 15.2. The molecule has 0 aliphatic rings. The number of amides is 1. The van der Waals surface area contributed by atoms with Crippen molar-refractivity contribution in [3.05, 3.63) is 0 Å². The Morgan fingerprint density at radius 3 is 1.72 bits per heavy atom. The van der Waals surface area contributed by atoms with Crippen LogP contribution in [0, 0.1) is 0 Å². The van der Waals surface area contributed by atoms with Crippen LogP contribution in [0.25, 0.3) is 0 Å². The van der Waals surface area contributed by atoms with E-state index in [0.717, 1.165) is 19.3 Å². The third kappa shape index (κ3) is 14.2. The molecule has 0 aromatic carbocycles. The molecule has 7 heteroatoms. The first kappa shape index (κ1) is 24.3. The standard InChI is InChI=1S/C18H37NO5S/c1-2-3-4-5-6-7-8-9-10-11-12-13-14-17(25(22,23)24)18(21)19-15-16-20/h17,20H,2-16H2,1H3,(H,19,21)(H,22,23,24). The number of nitrogens with one attached hydrogen (secondary N) is 1. The lowest BCUT2D eigenvalue weighted by Crippen LogP contribution is -2.40. The van der Waals surface area contributed by atoms with Crippen LogP contribution in [0.15, 0.2) is 0 Å². The number of unbranched alkanes of at least 4 members (excludes halogenated alkanes) is 11. The van der Waals surface area contributed by atoms with Crippen molar-refractivity contribution in [2.45, 2.75) is 95.6 Å². The van der Waals surface area contributed by atoms with Crippen LogP contribution in [0.3, 0.4) is 0 Å². The van der Waals surface area contributed by atoms with E-state index in [-0.39, 0.29) is 19.6 Å². The lowest BCUT2D eigenvalue weighted by Gasteiger charge is -2.13. The van der Waals surface area contributed by atoms with Gasteiger partial charge in [0, 0.05) is 6.54 Å². The average Bonchev–Trinajstić information content (AvgIpc) is 2.55. The molecule has 25 heavy (non-hydrogen) atoms. The van der Waals surface area contributed by atoms with Gasteiger partial charge in [0.15, 0.2) is 5.25 Å². The molecule has 0 aromatic heterocycles. The second kappa shape index (κ2) is 15.6. The number of hydrogen-bond donors (Lipinski definition) is 3. The Morgan fingerprint density at radius 1 is 0.880 bits per heavy atom. The molecule has 1 atom stereocenters. The molecule has 3 N–H and O–H groups in total. The van der Waals surface area contributed by atoms with Crippen molar-refractivity contribution in [3.8, 4) is 0 Å². The summed E-state index contributed by atoms with van der Waals surface area (Å²) in [6.45, 7) is 1.95. The molecule has 150 valence electrons.